The summed E-state index contributed by atoms with van der Waals surface area (Å²) < 4.78 is 15.1. The Morgan fingerprint density at radius 1 is 1.05 bits per heavy atom. The highest BCUT2D eigenvalue weighted by Gasteiger charge is 2.18. The predicted octanol–water partition coefficient (Wildman–Crippen LogP) is 3.29. The fourth-order valence-electron chi connectivity index (χ4n) is 2.03. The summed E-state index contributed by atoms with van der Waals surface area (Å²) >= 11 is 6.04. The summed E-state index contributed by atoms with van der Waals surface area (Å²) in [4.78, 5) is 12.6. The van der Waals surface area contributed by atoms with Crippen LogP contribution in [0.2, 0.25) is 5.02 Å². The lowest BCUT2D eigenvalue weighted by Crippen LogP contribution is -2.08. The Morgan fingerprint density at radius 2 is 1.76 bits per heavy atom. The van der Waals surface area contributed by atoms with Gasteiger partial charge in [-0.05, 0) is 30.3 Å². The summed E-state index contributed by atoms with van der Waals surface area (Å²) in [6, 6.07) is 10.6. The van der Waals surface area contributed by atoms with Crippen molar-refractivity contribution in [3.63, 3.8) is 0 Å². The molecule has 0 aliphatic carbocycles. The van der Waals surface area contributed by atoms with Crippen molar-refractivity contribution in [2.24, 2.45) is 0 Å². The van der Waals surface area contributed by atoms with E-state index in [1.807, 2.05) is 0 Å². The second-order valence-electron chi connectivity index (χ2n) is 4.34. The zero-order chi connectivity index (χ0) is 14.8. The summed E-state index contributed by atoms with van der Waals surface area (Å²) in [6.45, 7) is 0. The maximum atomic E-state index is 13.5. The molecule has 3 rings (SSSR count). The van der Waals surface area contributed by atoms with E-state index in [1.165, 1.54) is 30.9 Å². The Hall–Kier alpha value is -2.53. The minimum absolute atomic E-state index is 0.197. The first kappa shape index (κ1) is 13.5. The average molecular weight is 302 g/mol. The molecule has 0 saturated heterocycles. The van der Waals surface area contributed by atoms with Gasteiger partial charge in [-0.1, -0.05) is 23.7 Å². The number of rotatable bonds is 3. The molecule has 2 aromatic carbocycles. The van der Waals surface area contributed by atoms with Crippen molar-refractivity contribution in [3.8, 4) is 5.69 Å². The van der Waals surface area contributed by atoms with E-state index in [0.717, 1.165) is 0 Å². The summed E-state index contributed by atoms with van der Waals surface area (Å²) in [7, 11) is 0. The number of carbonyl (C=O) groups excluding carboxylic acids is 1. The van der Waals surface area contributed by atoms with Crippen molar-refractivity contribution in [3.05, 3.63) is 77.1 Å². The van der Waals surface area contributed by atoms with E-state index in [4.69, 9.17) is 11.6 Å². The molecule has 1 heterocycles. The van der Waals surface area contributed by atoms with Crippen LogP contribution < -0.4 is 0 Å². The normalized spacial score (nSPS) is 10.6. The molecule has 0 radical (unpaired) electrons. The average Bonchev–Trinajstić information content (AvgIpc) is 3.01. The van der Waals surface area contributed by atoms with Crippen molar-refractivity contribution < 1.29 is 9.18 Å². The zero-order valence-corrected chi connectivity index (χ0v) is 11.5. The monoisotopic (exact) mass is 301 g/mol. The van der Waals surface area contributed by atoms with Gasteiger partial charge in [0.15, 0.2) is 5.78 Å². The molecule has 104 valence electrons. The molecule has 0 atom stereocenters. The molecule has 0 spiro atoms. The number of hydrogen-bond acceptors (Lipinski definition) is 3. The van der Waals surface area contributed by atoms with E-state index in [-0.39, 0.29) is 11.3 Å². The first-order valence-electron chi connectivity index (χ1n) is 6.10. The van der Waals surface area contributed by atoms with Gasteiger partial charge in [0.2, 0.25) is 0 Å². The second kappa shape index (κ2) is 5.46. The van der Waals surface area contributed by atoms with Crippen LogP contribution in [0.1, 0.15) is 15.9 Å². The van der Waals surface area contributed by atoms with Gasteiger partial charge in [-0.25, -0.2) is 4.39 Å². The molecule has 3 aromatic rings. The van der Waals surface area contributed by atoms with E-state index in [2.05, 4.69) is 10.2 Å². The van der Waals surface area contributed by atoms with Crippen LogP contribution in [0.25, 0.3) is 5.69 Å². The minimum atomic E-state index is -0.498. The lowest BCUT2D eigenvalue weighted by atomic mass is 10.0. The Kier molecular flexibility index (Phi) is 3.50. The summed E-state index contributed by atoms with van der Waals surface area (Å²) in [5.74, 6) is -0.856. The molecule has 0 aliphatic heterocycles. The lowest BCUT2D eigenvalue weighted by Gasteiger charge is -2.10. The molecule has 4 nitrogen and oxygen atoms in total. The van der Waals surface area contributed by atoms with Crippen molar-refractivity contribution >= 4 is 17.4 Å². The van der Waals surface area contributed by atoms with Gasteiger partial charge < -0.3 is 0 Å². The summed E-state index contributed by atoms with van der Waals surface area (Å²) in [6.07, 6.45) is 2.88. The molecule has 0 aliphatic rings. The van der Waals surface area contributed by atoms with Crippen LogP contribution in [0.3, 0.4) is 0 Å². The molecule has 0 bridgehead atoms. The van der Waals surface area contributed by atoms with Gasteiger partial charge in [0, 0.05) is 11.1 Å². The van der Waals surface area contributed by atoms with Gasteiger partial charge in [0.05, 0.1) is 10.7 Å². The molecule has 0 saturated carbocycles. The Balaban J connectivity index is 2.16. The SMILES string of the molecule is O=C(c1ccccc1Cl)c1cc(F)ccc1-n1cnnc1. The van der Waals surface area contributed by atoms with Crippen LogP contribution in [-0.2, 0) is 0 Å². The topological polar surface area (TPSA) is 47.8 Å². The fourth-order valence-corrected chi connectivity index (χ4v) is 2.25. The maximum absolute atomic E-state index is 13.5. The Morgan fingerprint density at radius 3 is 2.48 bits per heavy atom. The smallest absolute Gasteiger partial charge is 0.196 e. The van der Waals surface area contributed by atoms with Crippen molar-refractivity contribution in [1.29, 1.82) is 0 Å². The second-order valence-corrected chi connectivity index (χ2v) is 4.75. The van der Waals surface area contributed by atoms with Gasteiger partial charge in [-0.3, -0.25) is 9.36 Å². The molecular weight excluding hydrogens is 293 g/mol. The highest BCUT2D eigenvalue weighted by molar-refractivity contribution is 6.35. The van der Waals surface area contributed by atoms with E-state index in [9.17, 15) is 9.18 Å². The van der Waals surface area contributed by atoms with Crippen molar-refractivity contribution in [2.45, 2.75) is 0 Å². The number of ketones is 1. The lowest BCUT2D eigenvalue weighted by molar-refractivity contribution is 0.103. The number of carbonyl (C=O) groups is 1. The van der Waals surface area contributed by atoms with Gasteiger partial charge >= 0.3 is 0 Å². The summed E-state index contributed by atoms with van der Waals surface area (Å²) in [5, 5.41) is 7.71. The number of aromatic nitrogens is 3. The summed E-state index contributed by atoms with van der Waals surface area (Å²) in [5.41, 5.74) is 1.01. The number of nitrogens with zero attached hydrogens (tertiary/aromatic N) is 3. The van der Waals surface area contributed by atoms with Gasteiger partial charge in [0.25, 0.3) is 0 Å². The Bertz CT molecular complexity index is 802. The molecule has 0 unspecified atom stereocenters. The molecule has 6 heteroatoms. The fraction of sp³-hybridized carbons (Fsp3) is 0. The predicted molar refractivity (Wildman–Crippen MR) is 76.2 cm³/mol. The highest BCUT2D eigenvalue weighted by atomic mass is 35.5. The molecular formula is C15H9ClFN3O. The Labute approximate surface area is 124 Å². The quantitative estimate of drug-likeness (QED) is 0.697. The molecule has 1 aromatic heterocycles. The first-order valence-corrected chi connectivity index (χ1v) is 6.48. The van der Waals surface area contributed by atoms with E-state index in [0.29, 0.717) is 16.3 Å². The minimum Gasteiger partial charge on any atom is -0.288 e. The molecule has 0 fully saturated rings. The van der Waals surface area contributed by atoms with Crippen molar-refractivity contribution in [1.82, 2.24) is 14.8 Å². The van der Waals surface area contributed by atoms with Crippen LogP contribution in [0.4, 0.5) is 4.39 Å². The standard InChI is InChI=1S/C15H9ClFN3O/c16-13-4-2-1-3-11(13)15(21)12-7-10(17)5-6-14(12)20-8-18-19-9-20/h1-9H. The first-order chi connectivity index (χ1) is 10.2. The van der Waals surface area contributed by atoms with Crippen LogP contribution >= 0.6 is 11.6 Å². The largest absolute Gasteiger partial charge is 0.288 e. The van der Waals surface area contributed by atoms with Crippen LogP contribution in [0.5, 0.6) is 0 Å². The van der Waals surface area contributed by atoms with Gasteiger partial charge in [0.1, 0.15) is 18.5 Å². The highest BCUT2D eigenvalue weighted by Crippen LogP contribution is 2.23. The number of hydrogen-bond donors (Lipinski definition) is 0. The van der Waals surface area contributed by atoms with Crippen LogP contribution in [0, 0.1) is 5.82 Å². The maximum Gasteiger partial charge on any atom is 0.196 e. The molecule has 0 N–H and O–H groups in total. The third-order valence-corrected chi connectivity index (χ3v) is 3.35. The van der Waals surface area contributed by atoms with Crippen molar-refractivity contribution in [2.75, 3.05) is 0 Å². The van der Waals surface area contributed by atoms with Gasteiger partial charge in [-0.15, -0.1) is 10.2 Å². The number of halogens is 2. The zero-order valence-electron chi connectivity index (χ0n) is 10.7. The van der Waals surface area contributed by atoms with E-state index >= 15 is 0 Å². The third-order valence-electron chi connectivity index (χ3n) is 3.02. The van der Waals surface area contributed by atoms with Gasteiger partial charge in [-0.2, -0.15) is 0 Å². The van der Waals surface area contributed by atoms with Crippen LogP contribution in [0.15, 0.2) is 55.1 Å². The van der Waals surface area contributed by atoms with Crippen LogP contribution in [-0.4, -0.2) is 20.5 Å². The van der Waals surface area contributed by atoms with E-state index in [1.54, 1.807) is 28.8 Å². The third kappa shape index (κ3) is 2.55. The van der Waals surface area contributed by atoms with E-state index < -0.39 is 5.82 Å². The number of benzene rings is 2. The molecule has 0 amide bonds. The molecule has 21 heavy (non-hydrogen) atoms.